The van der Waals surface area contributed by atoms with E-state index < -0.39 is 5.97 Å². The van der Waals surface area contributed by atoms with Crippen LogP contribution in [0.1, 0.15) is 43.4 Å². The van der Waals surface area contributed by atoms with Crippen molar-refractivity contribution < 1.29 is 9.90 Å². The topological polar surface area (TPSA) is 87.1 Å². The number of anilines is 1. The van der Waals surface area contributed by atoms with Gasteiger partial charge in [-0.25, -0.2) is 4.79 Å². The van der Waals surface area contributed by atoms with E-state index in [1.165, 1.54) is 6.08 Å². The molecule has 0 spiro atoms. The van der Waals surface area contributed by atoms with Crippen LogP contribution in [-0.2, 0) is 17.6 Å². The molecule has 0 amide bonds. The fourth-order valence-corrected chi connectivity index (χ4v) is 2.18. The van der Waals surface area contributed by atoms with Crippen LogP contribution in [-0.4, -0.2) is 11.1 Å². The van der Waals surface area contributed by atoms with Crippen LogP contribution in [0.5, 0.6) is 0 Å². The van der Waals surface area contributed by atoms with Crippen molar-refractivity contribution in [3.05, 3.63) is 34.4 Å². The van der Waals surface area contributed by atoms with Gasteiger partial charge in [-0.2, -0.15) is 5.26 Å². The number of benzene rings is 1. The Morgan fingerprint density at radius 1 is 1.35 bits per heavy atom. The molecule has 0 aliphatic carbocycles. The Labute approximate surface area is 119 Å². The molecule has 0 radical (unpaired) electrons. The zero-order valence-electron chi connectivity index (χ0n) is 11.9. The van der Waals surface area contributed by atoms with Gasteiger partial charge in [0.25, 0.3) is 0 Å². The summed E-state index contributed by atoms with van der Waals surface area (Å²) in [7, 11) is 0. The minimum Gasteiger partial charge on any atom is -0.477 e. The summed E-state index contributed by atoms with van der Waals surface area (Å²) in [6.45, 7) is 4.13. The van der Waals surface area contributed by atoms with Gasteiger partial charge in [-0.1, -0.05) is 38.8 Å². The smallest absolute Gasteiger partial charge is 0.346 e. The van der Waals surface area contributed by atoms with E-state index in [0.717, 1.165) is 48.1 Å². The van der Waals surface area contributed by atoms with Crippen LogP contribution in [0.25, 0.3) is 6.08 Å². The molecule has 0 saturated heterocycles. The van der Waals surface area contributed by atoms with Gasteiger partial charge in [0.15, 0.2) is 0 Å². The number of hydrogen-bond donors (Lipinski definition) is 2. The number of nitrogens with zero attached hydrogens (tertiary/aromatic N) is 1. The van der Waals surface area contributed by atoms with E-state index in [-0.39, 0.29) is 5.57 Å². The number of aliphatic carboxylic acids is 1. The van der Waals surface area contributed by atoms with E-state index in [1.54, 1.807) is 6.07 Å². The minimum absolute atomic E-state index is 0.273. The average Bonchev–Trinajstić information content (AvgIpc) is 2.42. The van der Waals surface area contributed by atoms with Crippen LogP contribution in [0.2, 0.25) is 0 Å². The van der Waals surface area contributed by atoms with E-state index in [4.69, 9.17) is 16.1 Å². The van der Waals surface area contributed by atoms with Crippen molar-refractivity contribution in [2.24, 2.45) is 0 Å². The molecule has 0 saturated carbocycles. The largest absolute Gasteiger partial charge is 0.477 e. The van der Waals surface area contributed by atoms with Gasteiger partial charge in [-0.3, -0.25) is 0 Å². The molecular formula is C16H20N2O2. The summed E-state index contributed by atoms with van der Waals surface area (Å²) in [5.41, 5.74) is 9.39. The lowest BCUT2D eigenvalue weighted by Gasteiger charge is -2.13. The van der Waals surface area contributed by atoms with Gasteiger partial charge in [0, 0.05) is 5.69 Å². The third kappa shape index (κ3) is 3.61. The van der Waals surface area contributed by atoms with Crippen molar-refractivity contribution in [3.8, 4) is 6.07 Å². The molecule has 3 N–H and O–H groups in total. The second kappa shape index (κ2) is 7.34. The fourth-order valence-electron chi connectivity index (χ4n) is 2.18. The second-order valence-electron chi connectivity index (χ2n) is 4.68. The molecule has 0 aromatic heterocycles. The van der Waals surface area contributed by atoms with Crippen LogP contribution in [0.4, 0.5) is 5.69 Å². The van der Waals surface area contributed by atoms with Crippen LogP contribution < -0.4 is 5.73 Å². The van der Waals surface area contributed by atoms with Crippen molar-refractivity contribution in [2.75, 3.05) is 5.73 Å². The highest BCUT2D eigenvalue weighted by Crippen LogP contribution is 2.26. The van der Waals surface area contributed by atoms with Crippen LogP contribution in [0.3, 0.4) is 0 Å². The molecular weight excluding hydrogens is 252 g/mol. The van der Waals surface area contributed by atoms with Gasteiger partial charge >= 0.3 is 5.97 Å². The van der Waals surface area contributed by atoms with Crippen molar-refractivity contribution >= 4 is 17.7 Å². The molecule has 4 heteroatoms. The Kier molecular flexibility index (Phi) is 5.79. The first kappa shape index (κ1) is 15.8. The van der Waals surface area contributed by atoms with E-state index in [2.05, 4.69) is 6.92 Å². The van der Waals surface area contributed by atoms with Gasteiger partial charge in [0.1, 0.15) is 11.6 Å². The lowest BCUT2D eigenvalue weighted by molar-refractivity contribution is -0.132. The quantitative estimate of drug-likeness (QED) is 0.473. The van der Waals surface area contributed by atoms with Crippen molar-refractivity contribution in [3.63, 3.8) is 0 Å². The van der Waals surface area contributed by atoms with Crippen molar-refractivity contribution in [2.45, 2.75) is 39.5 Å². The van der Waals surface area contributed by atoms with Gasteiger partial charge in [0.05, 0.1) is 0 Å². The Hall–Kier alpha value is -2.28. The van der Waals surface area contributed by atoms with E-state index in [0.29, 0.717) is 0 Å². The summed E-state index contributed by atoms with van der Waals surface area (Å²) in [4.78, 5) is 10.9. The van der Waals surface area contributed by atoms with E-state index in [1.807, 2.05) is 19.1 Å². The molecule has 0 bridgehead atoms. The zero-order valence-corrected chi connectivity index (χ0v) is 11.9. The Morgan fingerprint density at radius 2 is 2.00 bits per heavy atom. The third-order valence-corrected chi connectivity index (χ3v) is 3.15. The van der Waals surface area contributed by atoms with Crippen LogP contribution >= 0.6 is 0 Å². The summed E-state index contributed by atoms with van der Waals surface area (Å²) in [5.74, 6) is -1.22. The van der Waals surface area contributed by atoms with Crippen molar-refractivity contribution in [1.82, 2.24) is 0 Å². The number of rotatable bonds is 6. The summed E-state index contributed by atoms with van der Waals surface area (Å²) in [5, 5.41) is 17.8. The normalized spacial score (nSPS) is 11.2. The molecule has 0 aliphatic heterocycles. The predicted molar refractivity (Wildman–Crippen MR) is 80.1 cm³/mol. The summed E-state index contributed by atoms with van der Waals surface area (Å²) in [6.07, 6.45) is 4.99. The number of hydrogen-bond acceptors (Lipinski definition) is 3. The fraction of sp³-hybridized carbons (Fsp3) is 0.375. The molecule has 0 aliphatic rings. The third-order valence-electron chi connectivity index (χ3n) is 3.15. The molecule has 0 fully saturated rings. The number of aryl methyl sites for hydroxylation is 1. The van der Waals surface area contributed by atoms with Gasteiger partial charge in [-0.15, -0.1) is 0 Å². The predicted octanol–water partition coefficient (Wildman–Crippen LogP) is 3.17. The molecule has 4 nitrogen and oxygen atoms in total. The molecule has 1 aromatic carbocycles. The monoisotopic (exact) mass is 272 g/mol. The summed E-state index contributed by atoms with van der Waals surface area (Å²) >= 11 is 0. The Bertz CT molecular complexity index is 569. The number of nitriles is 1. The molecule has 106 valence electrons. The highest BCUT2D eigenvalue weighted by Gasteiger charge is 2.12. The number of carboxylic acids is 1. The maximum atomic E-state index is 10.9. The number of carboxylic acid groups (broad SMARTS) is 1. The Balaban J connectivity index is 3.37. The van der Waals surface area contributed by atoms with Gasteiger partial charge in [0.2, 0.25) is 0 Å². The summed E-state index contributed by atoms with van der Waals surface area (Å²) < 4.78 is 0. The Morgan fingerprint density at radius 3 is 2.50 bits per heavy atom. The van der Waals surface area contributed by atoms with Crippen LogP contribution in [0.15, 0.2) is 17.7 Å². The zero-order chi connectivity index (χ0) is 15.1. The summed E-state index contributed by atoms with van der Waals surface area (Å²) in [6, 6.07) is 5.47. The maximum absolute atomic E-state index is 10.9. The minimum atomic E-state index is -1.22. The molecule has 1 aromatic rings. The molecule has 20 heavy (non-hydrogen) atoms. The highest BCUT2D eigenvalue weighted by molar-refractivity contribution is 5.97. The average molecular weight is 272 g/mol. The first-order valence-corrected chi connectivity index (χ1v) is 6.80. The van der Waals surface area contributed by atoms with Crippen molar-refractivity contribution in [1.29, 1.82) is 5.26 Å². The number of nitrogen functional groups attached to an aromatic ring is 1. The first-order chi connectivity index (χ1) is 9.54. The SMILES string of the molecule is CCCc1ccc(C=C(C#N)C(=O)O)c(CCC)c1N. The molecule has 0 unspecified atom stereocenters. The van der Waals surface area contributed by atoms with Gasteiger partial charge in [-0.05, 0) is 35.6 Å². The lowest BCUT2D eigenvalue weighted by Crippen LogP contribution is -2.04. The number of nitrogens with two attached hydrogens (primary N) is 1. The molecule has 0 heterocycles. The number of carbonyl (C=O) groups is 1. The lowest BCUT2D eigenvalue weighted by atomic mass is 9.94. The van der Waals surface area contributed by atoms with Gasteiger partial charge < -0.3 is 10.8 Å². The first-order valence-electron chi connectivity index (χ1n) is 6.80. The standard InChI is InChI=1S/C16H20N2O2/c1-3-5-11-7-8-12(9-13(10-17)16(19)20)14(6-4-2)15(11)18/h7-9H,3-6,18H2,1-2H3,(H,19,20). The van der Waals surface area contributed by atoms with E-state index >= 15 is 0 Å². The molecule has 1 rings (SSSR count). The molecule has 0 atom stereocenters. The highest BCUT2D eigenvalue weighted by atomic mass is 16.4. The second-order valence-corrected chi connectivity index (χ2v) is 4.68. The van der Waals surface area contributed by atoms with E-state index in [9.17, 15) is 4.79 Å². The van der Waals surface area contributed by atoms with Crippen LogP contribution in [0, 0.1) is 11.3 Å². The maximum Gasteiger partial charge on any atom is 0.346 e.